The zero-order chi connectivity index (χ0) is 18.4. The minimum Gasteiger partial charge on any atom is -0.504 e. The van der Waals surface area contributed by atoms with E-state index in [1.165, 1.54) is 33.5 Å². The summed E-state index contributed by atoms with van der Waals surface area (Å²) in [6.45, 7) is 0. The first-order chi connectivity index (χ1) is 12.0. The lowest BCUT2D eigenvalue weighted by Gasteiger charge is -2.09. The van der Waals surface area contributed by atoms with Crippen LogP contribution in [0.5, 0.6) is 23.0 Å². The van der Waals surface area contributed by atoms with Gasteiger partial charge in [-0.1, -0.05) is 12.1 Å². The second-order valence-electron chi connectivity index (χ2n) is 5.40. The monoisotopic (exact) mass is 344 g/mol. The van der Waals surface area contributed by atoms with Crippen LogP contribution in [0.1, 0.15) is 11.1 Å². The van der Waals surface area contributed by atoms with Crippen molar-refractivity contribution in [2.45, 2.75) is 12.8 Å². The Hall–Kier alpha value is -3.02. The van der Waals surface area contributed by atoms with Gasteiger partial charge in [0.2, 0.25) is 11.6 Å². The molecular weight excluding hydrogens is 324 g/mol. The van der Waals surface area contributed by atoms with E-state index in [2.05, 4.69) is 0 Å². The molecule has 2 aromatic carbocycles. The fraction of sp³-hybridized carbons (Fsp3) is 0.263. The molecule has 0 heterocycles. The Labute approximate surface area is 146 Å². The van der Waals surface area contributed by atoms with E-state index >= 15 is 0 Å². The first-order valence-electron chi connectivity index (χ1n) is 7.61. The summed E-state index contributed by atoms with van der Waals surface area (Å²) in [5.41, 5.74) is 1.26. The van der Waals surface area contributed by atoms with Gasteiger partial charge >= 0.3 is 0 Å². The van der Waals surface area contributed by atoms with Gasteiger partial charge in [-0.3, -0.25) is 9.59 Å². The van der Waals surface area contributed by atoms with E-state index in [0.717, 1.165) is 0 Å². The smallest absolute Gasteiger partial charge is 0.203 e. The van der Waals surface area contributed by atoms with Crippen molar-refractivity contribution in [2.24, 2.45) is 0 Å². The number of ether oxygens (including phenoxy) is 3. The Morgan fingerprint density at radius 1 is 0.760 bits per heavy atom. The molecule has 1 N–H and O–H groups in total. The van der Waals surface area contributed by atoms with Crippen molar-refractivity contribution in [3.63, 3.8) is 0 Å². The maximum absolute atomic E-state index is 12.2. The fourth-order valence-corrected chi connectivity index (χ4v) is 2.39. The average molecular weight is 344 g/mol. The Morgan fingerprint density at radius 3 is 1.76 bits per heavy atom. The summed E-state index contributed by atoms with van der Waals surface area (Å²) in [6.07, 6.45) is -0.0723. The highest BCUT2D eigenvalue weighted by molar-refractivity contribution is 6.38. The van der Waals surface area contributed by atoms with E-state index < -0.39 is 11.6 Å². The van der Waals surface area contributed by atoms with Gasteiger partial charge in [-0.15, -0.1) is 0 Å². The molecule has 6 heteroatoms. The normalized spacial score (nSPS) is 10.2. The zero-order valence-electron chi connectivity index (χ0n) is 14.4. The van der Waals surface area contributed by atoms with E-state index in [0.29, 0.717) is 22.6 Å². The van der Waals surface area contributed by atoms with Gasteiger partial charge < -0.3 is 19.3 Å². The van der Waals surface area contributed by atoms with Crippen LogP contribution in [-0.2, 0) is 22.4 Å². The van der Waals surface area contributed by atoms with Crippen LogP contribution in [0.25, 0.3) is 0 Å². The number of hydrogen-bond acceptors (Lipinski definition) is 6. The lowest BCUT2D eigenvalue weighted by atomic mass is 10.0. The largest absolute Gasteiger partial charge is 0.504 e. The van der Waals surface area contributed by atoms with Crippen LogP contribution in [0, 0.1) is 0 Å². The number of aromatic hydroxyl groups is 1. The molecule has 0 amide bonds. The van der Waals surface area contributed by atoms with Gasteiger partial charge in [-0.2, -0.15) is 0 Å². The van der Waals surface area contributed by atoms with Crippen molar-refractivity contribution in [2.75, 3.05) is 21.3 Å². The molecule has 0 aliphatic carbocycles. The molecule has 0 aromatic heterocycles. The Balaban J connectivity index is 2.07. The first kappa shape index (κ1) is 18.3. The van der Waals surface area contributed by atoms with Gasteiger partial charge in [-0.05, 0) is 35.4 Å². The minimum absolute atomic E-state index is 0.0182. The van der Waals surface area contributed by atoms with Gasteiger partial charge in [0.1, 0.15) is 0 Å². The van der Waals surface area contributed by atoms with Crippen LogP contribution < -0.4 is 14.2 Å². The lowest BCUT2D eigenvalue weighted by Crippen LogP contribution is -2.18. The van der Waals surface area contributed by atoms with Gasteiger partial charge in [0, 0.05) is 12.8 Å². The maximum atomic E-state index is 12.2. The number of hydrogen-bond donors (Lipinski definition) is 1. The van der Waals surface area contributed by atoms with E-state index in [-0.39, 0.29) is 24.3 Å². The number of methoxy groups -OCH3 is 3. The summed E-state index contributed by atoms with van der Waals surface area (Å²) in [4.78, 5) is 24.4. The van der Waals surface area contributed by atoms with Crippen molar-refractivity contribution in [1.82, 2.24) is 0 Å². The van der Waals surface area contributed by atoms with Crippen molar-refractivity contribution in [1.29, 1.82) is 0 Å². The van der Waals surface area contributed by atoms with Crippen molar-refractivity contribution in [3.8, 4) is 23.0 Å². The van der Waals surface area contributed by atoms with Crippen molar-refractivity contribution in [3.05, 3.63) is 47.5 Å². The quantitative estimate of drug-likeness (QED) is 0.740. The van der Waals surface area contributed by atoms with Crippen LogP contribution >= 0.6 is 0 Å². The molecule has 2 aromatic rings. The minimum atomic E-state index is -0.512. The van der Waals surface area contributed by atoms with Crippen molar-refractivity contribution < 1.29 is 28.9 Å². The third-order valence-electron chi connectivity index (χ3n) is 3.73. The van der Waals surface area contributed by atoms with E-state index in [4.69, 9.17) is 14.2 Å². The predicted octanol–water partition coefficient (Wildman–Crippen LogP) is 2.34. The predicted molar refractivity (Wildman–Crippen MR) is 91.6 cm³/mol. The van der Waals surface area contributed by atoms with Gasteiger partial charge in [0.25, 0.3) is 0 Å². The molecule has 2 rings (SSSR count). The van der Waals surface area contributed by atoms with Crippen molar-refractivity contribution >= 4 is 11.6 Å². The molecular formula is C19H20O6. The van der Waals surface area contributed by atoms with E-state index in [9.17, 15) is 14.7 Å². The molecule has 6 nitrogen and oxygen atoms in total. The van der Waals surface area contributed by atoms with Crippen LogP contribution in [0.15, 0.2) is 36.4 Å². The first-order valence-corrected chi connectivity index (χ1v) is 7.61. The second-order valence-corrected chi connectivity index (χ2v) is 5.40. The highest BCUT2D eigenvalue weighted by atomic mass is 16.5. The summed E-state index contributed by atoms with van der Waals surface area (Å²) >= 11 is 0. The molecule has 25 heavy (non-hydrogen) atoms. The fourth-order valence-electron chi connectivity index (χ4n) is 2.39. The van der Waals surface area contributed by atoms with E-state index in [1.807, 2.05) is 0 Å². The number of rotatable bonds is 8. The Morgan fingerprint density at radius 2 is 1.24 bits per heavy atom. The zero-order valence-corrected chi connectivity index (χ0v) is 14.4. The number of benzene rings is 2. The van der Waals surface area contributed by atoms with Gasteiger partial charge in [0.05, 0.1) is 21.3 Å². The van der Waals surface area contributed by atoms with Gasteiger partial charge in [-0.25, -0.2) is 0 Å². The summed E-state index contributed by atoms with van der Waals surface area (Å²) in [6, 6.07) is 9.64. The maximum Gasteiger partial charge on any atom is 0.203 e. The van der Waals surface area contributed by atoms with Gasteiger partial charge in [0.15, 0.2) is 23.0 Å². The standard InChI is InChI=1S/C19H20O6/c1-23-17-7-5-13(11-19(17)25-3)9-16(22)15(21)8-12-4-6-14(20)18(10-12)24-2/h4-7,10-11,20H,8-9H2,1-3H3. The molecule has 0 radical (unpaired) electrons. The highest BCUT2D eigenvalue weighted by Crippen LogP contribution is 2.28. The summed E-state index contributed by atoms with van der Waals surface area (Å²) in [5, 5.41) is 9.57. The van der Waals surface area contributed by atoms with Crippen LogP contribution in [0.4, 0.5) is 0 Å². The number of carbonyl (C=O) groups is 2. The number of phenols is 1. The second kappa shape index (κ2) is 8.19. The molecule has 0 aliphatic heterocycles. The molecule has 0 saturated carbocycles. The molecule has 0 spiro atoms. The molecule has 0 saturated heterocycles. The number of carbonyl (C=O) groups excluding carboxylic acids is 2. The van der Waals surface area contributed by atoms with Crippen LogP contribution in [-0.4, -0.2) is 38.0 Å². The Kier molecular flexibility index (Phi) is 6.00. The molecule has 0 aliphatic rings. The topological polar surface area (TPSA) is 82.1 Å². The Bertz CT molecular complexity index is 781. The highest BCUT2D eigenvalue weighted by Gasteiger charge is 2.17. The average Bonchev–Trinajstić information content (AvgIpc) is 2.62. The summed E-state index contributed by atoms with van der Waals surface area (Å²) in [5.74, 6) is 0.291. The summed E-state index contributed by atoms with van der Waals surface area (Å²) in [7, 11) is 4.45. The number of ketones is 2. The molecule has 0 atom stereocenters. The molecule has 132 valence electrons. The molecule has 0 unspecified atom stereocenters. The third-order valence-corrected chi connectivity index (χ3v) is 3.73. The van der Waals surface area contributed by atoms with Crippen LogP contribution in [0.3, 0.4) is 0 Å². The SMILES string of the molecule is COc1cc(CC(=O)C(=O)Cc2ccc(OC)c(OC)c2)ccc1O. The third kappa shape index (κ3) is 4.50. The molecule has 0 bridgehead atoms. The lowest BCUT2D eigenvalue weighted by molar-refractivity contribution is -0.135. The number of Topliss-reactive ketones (excluding diaryl/α,β-unsaturated/α-hetero) is 2. The summed E-state index contributed by atoms with van der Waals surface area (Å²) < 4.78 is 15.3. The van der Waals surface area contributed by atoms with E-state index in [1.54, 1.807) is 24.3 Å². The number of phenolic OH excluding ortho intramolecular Hbond substituents is 1. The van der Waals surface area contributed by atoms with Crippen LogP contribution in [0.2, 0.25) is 0 Å². The molecule has 0 fully saturated rings.